The Labute approximate surface area is 128 Å². The van der Waals surface area contributed by atoms with Gasteiger partial charge in [0.2, 0.25) is 5.91 Å². The summed E-state index contributed by atoms with van der Waals surface area (Å²) in [5, 5.41) is 4.27. The number of anilines is 1. The smallest absolute Gasteiger partial charge is 0.226 e. The van der Waals surface area contributed by atoms with E-state index in [9.17, 15) is 4.79 Å². The zero-order valence-electron chi connectivity index (χ0n) is 11.6. The van der Waals surface area contributed by atoms with E-state index in [1.807, 2.05) is 38.1 Å². The van der Waals surface area contributed by atoms with Crippen LogP contribution >= 0.6 is 22.9 Å². The maximum absolute atomic E-state index is 11.8. The molecule has 0 aliphatic rings. The first-order valence-electron chi connectivity index (χ1n) is 6.53. The highest BCUT2D eigenvalue weighted by molar-refractivity contribution is 7.15. The lowest BCUT2D eigenvalue weighted by molar-refractivity contribution is -0.116. The predicted molar refractivity (Wildman–Crippen MR) is 84.6 cm³/mol. The third-order valence-corrected chi connectivity index (χ3v) is 4.30. The average Bonchev–Trinajstić information content (AvgIpc) is 2.70. The summed E-state index contributed by atoms with van der Waals surface area (Å²) in [4.78, 5) is 17.3. The van der Waals surface area contributed by atoms with Crippen molar-refractivity contribution in [3.8, 4) is 0 Å². The zero-order valence-corrected chi connectivity index (χ0v) is 13.1. The number of nitrogens with zero attached hydrogens (tertiary/aromatic N) is 1. The SMILES string of the molecule is Cc1nc(NC(=O)CCCc2ccc(Cl)cc2)sc1C. The molecule has 0 spiro atoms. The van der Waals surface area contributed by atoms with Gasteiger partial charge in [-0.3, -0.25) is 4.79 Å². The number of hydrogen-bond donors (Lipinski definition) is 1. The van der Waals surface area contributed by atoms with Crippen LogP contribution in [0.5, 0.6) is 0 Å². The standard InChI is InChI=1S/C15H17ClN2OS/c1-10-11(2)20-15(17-10)18-14(19)5-3-4-12-6-8-13(16)9-7-12/h6-9H,3-5H2,1-2H3,(H,17,18,19). The average molecular weight is 309 g/mol. The maximum atomic E-state index is 11.8. The number of amides is 1. The second-order valence-corrected chi connectivity index (χ2v) is 6.33. The molecule has 20 heavy (non-hydrogen) atoms. The van der Waals surface area contributed by atoms with Gasteiger partial charge in [0.05, 0.1) is 5.69 Å². The fourth-order valence-electron chi connectivity index (χ4n) is 1.81. The highest BCUT2D eigenvalue weighted by Gasteiger charge is 2.07. The molecule has 0 unspecified atom stereocenters. The Morgan fingerprint density at radius 1 is 1.30 bits per heavy atom. The second kappa shape index (κ2) is 6.86. The number of benzene rings is 1. The fourth-order valence-corrected chi connectivity index (χ4v) is 2.77. The molecule has 5 heteroatoms. The van der Waals surface area contributed by atoms with E-state index in [2.05, 4.69) is 10.3 Å². The van der Waals surface area contributed by atoms with Gasteiger partial charge in [0, 0.05) is 16.3 Å². The lowest BCUT2D eigenvalue weighted by Gasteiger charge is -2.02. The van der Waals surface area contributed by atoms with Crippen LogP contribution in [0.1, 0.15) is 29.0 Å². The third-order valence-electron chi connectivity index (χ3n) is 3.06. The molecular weight excluding hydrogens is 292 g/mol. The van der Waals surface area contributed by atoms with Gasteiger partial charge in [0.25, 0.3) is 0 Å². The Bertz CT molecular complexity index is 573. The first-order valence-corrected chi connectivity index (χ1v) is 7.72. The minimum absolute atomic E-state index is 0.0210. The largest absolute Gasteiger partial charge is 0.302 e. The Balaban J connectivity index is 1.76. The molecule has 0 bridgehead atoms. The Morgan fingerprint density at radius 2 is 2.00 bits per heavy atom. The van der Waals surface area contributed by atoms with Crippen LogP contribution in [-0.2, 0) is 11.2 Å². The number of thiazole rings is 1. The van der Waals surface area contributed by atoms with Crippen molar-refractivity contribution in [1.82, 2.24) is 4.98 Å². The number of aromatic nitrogens is 1. The lowest BCUT2D eigenvalue weighted by Crippen LogP contribution is -2.11. The molecule has 0 fully saturated rings. The highest BCUT2D eigenvalue weighted by atomic mass is 35.5. The van der Waals surface area contributed by atoms with Crippen molar-refractivity contribution in [2.45, 2.75) is 33.1 Å². The van der Waals surface area contributed by atoms with Crippen LogP contribution in [0.15, 0.2) is 24.3 Å². The van der Waals surface area contributed by atoms with Gasteiger partial charge in [-0.05, 0) is 44.4 Å². The van der Waals surface area contributed by atoms with Crippen LogP contribution in [0.25, 0.3) is 0 Å². The van der Waals surface area contributed by atoms with Gasteiger partial charge < -0.3 is 5.32 Å². The molecule has 106 valence electrons. The van der Waals surface area contributed by atoms with Gasteiger partial charge in [-0.1, -0.05) is 23.7 Å². The number of aryl methyl sites for hydroxylation is 3. The summed E-state index contributed by atoms with van der Waals surface area (Å²) in [6, 6.07) is 7.73. The Hall–Kier alpha value is -1.39. The van der Waals surface area contributed by atoms with Crippen LogP contribution < -0.4 is 5.32 Å². The van der Waals surface area contributed by atoms with Crippen LogP contribution in [0, 0.1) is 13.8 Å². The van der Waals surface area contributed by atoms with Gasteiger partial charge in [0.1, 0.15) is 0 Å². The van der Waals surface area contributed by atoms with Gasteiger partial charge >= 0.3 is 0 Å². The fraction of sp³-hybridized carbons (Fsp3) is 0.333. The Morgan fingerprint density at radius 3 is 2.60 bits per heavy atom. The topological polar surface area (TPSA) is 42.0 Å². The molecule has 1 heterocycles. The molecule has 1 aromatic carbocycles. The van der Waals surface area contributed by atoms with Crippen LogP contribution in [0.2, 0.25) is 5.02 Å². The number of halogens is 1. The van der Waals surface area contributed by atoms with E-state index in [0.29, 0.717) is 11.6 Å². The Kier molecular flexibility index (Phi) is 5.15. The van der Waals surface area contributed by atoms with Crippen molar-refractivity contribution in [3.63, 3.8) is 0 Å². The van der Waals surface area contributed by atoms with E-state index in [1.54, 1.807) is 0 Å². The molecule has 0 saturated carbocycles. The van der Waals surface area contributed by atoms with E-state index < -0.39 is 0 Å². The first-order chi connectivity index (χ1) is 9.54. The molecule has 3 nitrogen and oxygen atoms in total. The van der Waals surface area contributed by atoms with Gasteiger partial charge in [-0.2, -0.15) is 0 Å². The molecular formula is C15H17ClN2OS. The number of hydrogen-bond acceptors (Lipinski definition) is 3. The molecule has 1 N–H and O–H groups in total. The van der Waals surface area contributed by atoms with Gasteiger partial charge in [-0.15, -0.1) is 11.3 Å². The molecule has 1 aromatic heterocycles. The monoisotopic (exact) mass is 308 g/mol. The zero-order chi connectivity index (χ0) is 14.5. The lowest BCUT2D eigenvalue weighted by atomic mass is 10.1. The molecule has 0 aliphatic carbocycles. The van der Waals surface area contributed by atoms with E-state index in [1.165, 1.54) is 16.9 Å². The van der Waals surface area contributed by atoms with Gasteiger partial charge in [0.15, 0.2) is 5.13 Å². The van der Waals surface area contributed by atoms with Crippen molar-refractivity contribution in [3.05, 3.63) is 45.4 Å². The first kappa shape index (κ1) is 15.0. The quantitative estimate of drug-likeness (QED) is 0.891. The van der Waals surface area contributed by atoms with Crippen LogP contribution in [-0.4, -0.2) is 10.9 Å². The van der Waals surface area contributed by atoms with Crippen LogP contribution in [0.3, 0.4) is 0 Å². The van der Waals surface area contributed by atoms with E-state index >= 15 is 0 Å². The third kappa shape index (κ3) is 4.32. The predicted octanol–water partition coefficient (Wildman–Crippen LogP) is 4.37. The van der Waals surface area contributed by atoms with E-state index in [-0.39, 0.29) is 5.91 Å². The molecule has 0 radical (unpaired) electrons. The summed E-state index contributed by atoms with van der Waals surface area (Å²) >= 11 is 7.35. The number of rotatable bonds is 5. The summed E-state index contributed by atoms with van der Waals surface area (Å²) in [5.74, 6) is 0.0210. The van der Waals surface area contributed by atoms with Crippen molar-refractivity contribution >= 4 is 34.0 Å². The molecule has 0 saturated heterocycles. The maximum Gasteiger partial charge on any atom is 0.226 e. The van der Waals surface area contributed by atoms with E-state index in [4.69, 9.17) is 11.6 Å². The summed E-state index contributed by atoms with van der Waals surface area (Å²) in [6.45, 7) is 3.95. The summed E-state index contributed by atoms with van der Waals surface area (Å²) < 4.78 is 0. The molecule has 0 atom stereocenters. The van der Waals surface area contributed by atoms with Crippen molar-refractivity contribution < 1.29 is 4.79 Å². The summed E-state index contributed by atoms with van der Waals surface area (Å²) in [7, 11) is 0. The number of carbonyl (C=O) groups is 1. The summed E-state index contributed by atoms with van der Waals surface area (Å²) in [5.41, 5.74) is 2.18. The van der Waals surface area contributed by atoms with E-state index in [0.717, 1.165) is 28.4 Å². The highest BCUT2D eigenvalue weighted by Crippen LogP contribution is 2.21. The number of carbonyl (C=O) groups excluding carboxylic acids is 1. The normalized spacial score (nSPS) is 10.6. The van der Waals surface area contributed by atoms with Crippen molar-refractivity contribution in [2.75, 3.05) is 5.32 Å². The van der Waals surface area contributed by atoms with Crippen LogP contribution in [0.4, 0.5) is 5.13 Å². The van der Waals surface area contributed by atoms with Crippen molar-refractivity contribution in [1.29, 1.82) is 0 Å². The molecule has 2 aromatic rings. The van der Waals surface area contributed by atoms with Crippen molar-refractivity contribution in [2.24, 2.45) is 0 Å². The molecule has 1 amide bonds. The minimum Gasteiger partial charge on any atom is -0.302 e. The number of nitrogens with one attached hydrogen (secondary N) is 1. The molecule has 2 rings (SSSR count). The second-order valence-electron chi connectivity index (χ2n) is 4.69. The minimum atomic E-state index is 0.0210. The molecule has 0 aliphatic heterocycles. The van der Waals surface area contributed by atoms with Gasteiger partial charge in [-0.25, -0.2) is 4.98 Å². The summed E-state index contributed by atoms with van der Waals surface area (Å²) in [6.07, 6.45) is 2.19.